The summed E-state index contributed by atoms with van der Waals surface area (Å²) in [5, 5.41) is 6.42. The van der Waals surface area contributed by atoms with E-state index in [0.717, 1.165) is 23.5 Å². The SMILES string of the molecule is C1CCCCC1.Cn1ncc(NC(=O)c2nc(-c3c(F)cccc3F)sc2N)c1N. The van der Waals surface area contributed by atoms with E-state index in [4.69, 9.17) is 11.5 Å². The summed E-state index contributed by atoms with van der Waals surface area (Å²) in [5.41, 5.74) is 11.3. The second-order valence-corrected chi connectivity index (χ2v) is 8.00. The summed E-state index contributed by atoms with van der Waals surface area (Å²) >= 11 is 0.818. The maximum absolute atomic E-state index is 13.8. The van der Waals surface area contributed by atoms with Crippen molar-refractivity contribution in [3.63, 3.8) is 0 Å². The number of anilines is 3. The molecule has 0 unspecified atom stereocenters. The van der Waals surface area contributed by atoms with Gasteiger partial charge in [0.25, 0.3) is 5.91 Å². The molecule has 0 atom stereocenters. The summed E-state index contributed by atoms with van der Waals surface area (Å²) in [6.45, 7) is 0. The van der Waals surface area contributed by atoms with Gasteiger partial charge in [0.1, 0.15) is 33.1 Å². The van der Waals surface area contributed by atoms with Crippen molar-refractivity contribution in [1.29, 1.82) is 0 Å². The highest BCUT2D eigenvalue weighted by Crippen LogP contribution is 2.33. The lowest BCUT2D eigenvalue weighted by molar-refractivity contribution is 0.102. The minimum atomic E-state index is -0.785. The summed E-state index contributed by atoms with van der Waals surface area (Å²) in [6.07, 6.45) is 10.4. The second-order valence-electron chi connectivity index (χ2n) is 6.97. The Morgan fingerprint density at radius 3 is 2.17 bits per heavy atom. The molecular weight excluding hydrogens is 410 g/mol. The topological polar surface area (TPSA) is 112 Å². The van der Waals surface area contributed by atoms with E-state index in [0.29, 0.717) is 0 Å². The van der Waals surface area contributed by atoms with Crippen molar-refractivity contribution in [3.05, 3.63) is 41.7 Å². The first-order chi connectivity index (χ1) is 14.4. The summed E-state index contributed by atoms with van der Waals surface area (Å²) in [5.74, 6) is -1.97. The molecule has 2 heterocycles. The van der Waals surface area contributed by atoms with Crippen LogP contribution in [-0.2, 0) is 7.05 Å². The van der Waals surface area contributed by atoms with Crippen LogP contribution in [0.4, 0.5) is 25.3 Å². The lowest BCUT2D eigenvalue weighted by atomic mass is 10.0. The van der Waals surface area contributed by atoms with Crippen LogP contribution in [0.3, 0.4) is 0 Å². The van der Waals surface area contributed by atoms with Gasteiger partial charge in [-0.25, -0.2) is 13.8 Å². The number of amides is 1. The number of nitrogens with two attached hydrogens (primary N) is 2. The standard InChI is InChI=1S/C14H12F2N6OS.C6H12/c1-22-11(17)8(5-19-22)20-13(23)10-12(18)24-14(21-10)9-6(15)3-2-4-7(9)16;1-2-4-6-5-3-1/h2-5H,17-18H2,1H3,(H,20,23);1-6H2. The molecule has 1 amide bonds. The van der Waals surface area contributed by atoms with E-state index in [9.17, 15) is 13.6 Å². The molecule has 0 radical (unpaired) electrons. The molecule has 1 fully saturated rings. The van der Waals surface area contributed by atoms with Crippen molar-refractivity contribution in [2.75, 3.05) is 16.8 Å². The molecule has 1 saturated carbocycles. The largest absolute Gasteiger partial charge is 0.389 e. The van der Waals surface area contributed by atoms with E-state index in [2.05, 4.69) is 15.4 Å². The third-order valence-electron chi connectivity index (χ3n) is 4.78. The summed E-state index contributed by atoms with van der Waals surface area (Å²) in [6, 6.07) is 3.45. The number of carbonyl (C=O) groups is 1. The van der Waals surface area contributed by atoms with Gasteiger partial charge in [0.2, 0.25) is 0 Å². The van der Waals surface area contributed by atoms with Crippen molar-refractivity contribution in [2.45, 2.75) is 38.5 Å². The van der Waals surface area contributed by atoms with E-state index < -0.39 is 17.5 Å². The molecule has 3 aromatic rings. The average molecular weight is 435 g/mol. The summed E-state index contributed by atoms with van der Waals surface area (Å²) < 4.78 is 29.1. The van der Waals surface area contributed by atoms with Gasteiger partial charge >= 0.3 is 0 Å². The predicted molar refractivity (Wildman–Crippen MR) is 115 cm³/mol. The number of halogens is 2. The number of thiazole rings is 1. The van der Waals surface area contributed by atoms with Crippen molar-refractivity contribution < 1.29 is 13.6 Å². The molecule has 7 nitrogen and oxygen atoms in total. The Bertz CT molecular complexity index is 997. The molecule has 2 aromatic heterocycles. The Morgan fingerprint density at radius 1 is 1.10 bits per heavy atom. The van der Waals surface area contributed by atoms with Gasteiger partial charge in [0, 0.05) is 7.05 Å². The highest BCUT2D eigenvalue weighted by Gasteiger charge is 2.22. The molecule has 0 aliphatic heterocycles. The van der Waals surface area contributed by atoms with Gasteiger partial charge in [-0.3, -0.25) is 9.48 Å². The number of hydrogen-bond acceptors (Lipinski definition) is 6. The third kappa shape index (κ3) is 4.93. The number of nitrogen functional groups attached to an aromatic ring is 2. The molecule has 1 aromatic carbocycles. The lowest BCUT2D eigenvalue weighted by Gasteiger charge is -2.05. The first kappa shape index (κ1) is 21.7. The predicted octanol–water partition coefficient (Wildman–Crippen LogP) is 4.58. The summed E-state index contributed by atoms with van der Waals surface area (Å²) in [7, 11) is 1.61. The minimum absolute atomic E-state index is 0.0209. The average Bonchev–Trinajstić information content (AvgIpc) is 3.27. The van der Waals surface area contributed by atoms with Crippen LogP contribution in [0.1, 0.15) is 49.0 Å². The highest BCUT2D eigenvalue weighted by atomic mass is 32.1. The Kier molecular flexibility index (Phi) is 6.99. The van der Waals surface area contributed by atoms with Gasteiger partial charge in [0.15, 0.2) is 5.69 Å². The van der Waals surface area contributed by atoms with Crippen molar-refractivity contribution in [2.24, 2.45) is 7.05 Å². The van der Waals surface area contributed by atoms with E-state index in [1.54, 1.807) is 7.05 Å². The number of aromatic nitrogens is 3. The van der Waals surface area contributed by atoms with Crippen LogP contribution in [0.25, 0.3) is 10.6 Å². The monoisotopic (exact) mass is 434 g/mol. The highest BCUT2D eigenvalue weighted by molar-refractivity contribution is 7.19. The number of carbonyl (C=O) groups excluding carboxylic acids is 1. The molecule has 10 heteroatoms. The zero-order valence-corrected chi connectivity index (χ0v) is 17.4. The molecule has 1 aliphatic rings. The minimum Gasteiger partial charge on any atom is -0.389 e. The van der Waals surface area contributed by atoms with Gasteiger partial charge in [-0.15, -0.1) is 0 Å². The normalized spacial score (nSPS) is 13.4. The van der Waals surface area contributed by atoms with Gasteiger partial charge in [-0.2, -0.15) is 5.10 Å². The zero-order chi connectivity index (χ0) is 21.7. The van der Waals surface area contributed by atoms with Crippen LogP contribution < -0.4 is 16.8 Å². The number of nitrogens with zero attached hydrogens (tertiary/aromatic N) is 3. The Labute approximate surface area is 177 Å². The quantitative estimate of drug-likeness (QED) is 0.559. The molecule has 0 bridgehead atoms. The lowest BCUT2D eigenvalue weighted by Crippen LogP contribution is -2.15. The molecule has 1 aliphatic carbocycles. The van der Waals surface area contributed by atoms with Crippen LogP contribution in [0, 0.1) is 11.6 Å². The van der Waals surface area contributed by atoms with Crippen LogP contribution >= 0.6 is 11.3 Å². The molecule has 4 rings (SSSR count). The van der Waals surface area contributed by atoms with E-state index in [-0.39, 0.29) is 32.8 Å². The van der Waals surface area contributed by atoms with E-state index in [1.807, 2.05) is 0 Å². The summed E-state index contributed by atoms with van der Waals surface area (Å²) in [4.78, 5) is 16.3. The number of nitrogens with one attached hydrogen (secondary N) is 1. The van der Waals surface area contributed by atoms with Crippen molar-refractivity contribution in [1.82, 2.24) is 14.8 Å². The molecule has 30 heavy (non-hydrogen) atoms. The molecular formula is C20H24F2N6OS. The maximum Gasteiger partial charge on any atom is 0.277 e. The molecule has 0 saturated heterocycles. The Hall–Kier alpha value is -3.01. The van der Waals surface area contributed by atoms with Crippen LogP contribution in [0.2, 0.25) is 0 Å². The number of hydrogen-bond donors (Lipinski definition) is 3. The fraction of sp³-hybridized carbons (Fsp3) is 0.350. The first-order valence-electron chi connectivity index (χ1n) is 9.68. The number of rotatable bonds is 3. The molecule has 0 spiro atoms. The van der Waals surface area contributed by atoms with Crippen LogP contribution in [0.5, 0.6) is 0 Å². The van der Waals surface area contributed by atoms with Crippen LogP contribution in [0.15, 0.2) is 24.4 Å². The van der Waals surface area contributed by atoms with E-state index >= 15 is 0 Å². The zero-order valence-electron chi connectivity index (χ0n) is 16.6. The van der Waals surface area contributed by atoms with E-state index in [1.165, 1.54) is 55.5 Å². The first-order valence-corrected chi connectivity index (χ1v) is 10.5. The second kappa shape index (κ2) is 9.66. The third-order valence-corrected chi connectivity index (χ3v) is 5.68. The van der Waals surface area contributed by atoms with Crippen molar-refractivity contribution in [3.8, 4) is 10.6 Å². The molecule has 160 valence electrons. The fourth-order valence-electron chi connectivity index (χ4n) is 3.09. The molecule has 5 N–H and O–H groups in total. The van der Waals surface area contributed by atoms with Gasteiger partial charge in [-0.1, -0.05) is 55.9 Å². The van der Waals surface area contributed by atoms with Crippen molar-refractivity contribution >= 4 is 33.8 Å². The number of benzene rings is 1. The van der Waals surface area contributed by atoms with Crippen LogP contribution in [-0.4, -0.2) is 20.7 Å². The fourth-order valence-corrected chi connectivity index (χ4v) is 3.97. The Balaban J connectivity index is 0.000000367. The van der Waals surface area contributed by atoms with Gasteiger partial charge in [-0.05, 0) is 12.1 Å². The van der Waals surface area contributed by atoms with Gasteiger partial charge < -0.3 is 16.8 Å². The maximum atomic E-state index is 13.8. The van der Waals surface area contributed by atoms with Gasteiger partial charge in [0.05, 0.1) is 11.8 Å². The smallest absolute Gasteiger partial charge is 0.277 e. The number of aryl methyl sites for hydroxylation is 1. The Morgan fingerprint density at radius 2 is 1.67 bits per heavy atom.